The molecule has 3 rings (SSSR count). The highest BCUT2D eigenvalue weighted by Gasteiger charge is 2.26. The molecule has 0 aromatic carbocycles. The summed E-state index contributed by atoms with van der Waals surface area (Å²) in [5.74, 6) is 0.649. The van der Waals surface area contributed by atoms with Crippen molar-refractivity contribution in [3.05, 3.63) is 33.5 Å². The molecule has 1 amide bonds. The Bertz CT molecular complexity index is 633. The summed E-state index contributed by atoms with van der Waals surface area (Å²) in [5, 5.41) is 7.15. The largest absolute Gasteiger partial charge is 0.338 e. The smallest absolute Gasteiger partial charge is 0.265 e. The molecule has 0 bridgehead atoms. The molecule has 2 aromatic heterocycles. The number of carbonyl (C=O) groups excluding carboxylic acids is 1. The van der Waals surface area contributed by atoms with E-state index in [0.29, 0.717) is 5.92 Å². The summed E-state index contributed by atoms with van der Waals surface area (Å²) in [5.41, 5.74) is 4.99. The average Bonchev–Trinajstić information content (AvgIpc) is 3.08. The number of nitrogens with zero attached hydrogens (tertiary/aromatic N) is 3. The number of piperidine rings is 1. The van der Waals surface area contributed by atoms with E-state index in [1.807, 2.05) is 18.0 Å². The van der Waals surface area contributed by atoms with E-state index in [1.165, 1.54) is 29.0 Å². The quantitative estimate of drug-likeness (QED) is 0.948. The van der Waals surface area contributed by atoms with Crippen LogP contribution in [0.15, 0.2) is 11.7 Å². The summed E-state index contributed by atoms with van der Waals surface area (Å²) in [6, 6.07) is 0. The van der Waals surface area contributed by atoms with Crippen molar-refractivity contribution in [1.29, 1.82) is 0 Å². The predicted octanol–water partition coefficient (Wildman–Crippen LogP) is 2.58. The number of aromatic amines is 1. The van der Waals surface area contributed by atoms with Crippen molar-refractivity contribution >= 4 is 17.2 Å². The number of thiazole rings is 1. The molecule has 0 saturated carbocycles. The van der Waals surface area contributed by atoms with E-state index in [9.17, 15) is 4.79 Å². The van der Waals surface area contributed by atoms with Crippen molar-refractivity contribution in [1.82, 2.24) is 20.1 Å². The predicted molar refractivity (Wildman–Crippen MR) is 82.5 cm³/mol. The number of hydrogen-bond acceptors (Lipinski definition) is 4. The zero-order valence-electron chi connectivity index (χ0n) is 12.4. The van der Waals surface area contributed by atoms with E-state index >= 15 is 0 Å². The molecule has 1 aliphatic rings. The number of hydrogen-bond donors (Lipinski definition) is 1. The number of amides is 1. The number of aromatic nitrogens is 3. The minimum absolute atomic E-state index is 0.140. The second-order valence-corrected chi connectivity index (χ2v) is 6.62. The Hall–Kier alpha value is -1.69. The maximum atomic E-state index is 12.6. The van der Waals surface area contributed by atoms with E-state index in [-0.39, 0.29) is 5.91 Å². The SMILES string of the molecule is Cc1cn[nH]c1C[C@H]1CCCN(C(=O)c2scnc2C)C1. The Morgan fingerprint density at radius 2 is 2.38 bits per heavy atom. The minimum atomic E-state index is 0.140. The lowest BCUT2D eigenvalue weighted by molar-refractivity contribution is 0.0676. The van der Waals surface area contributed by atoms with Crippen LogP contribution in [-0.2, 0) is 6.42 Å². The van der Waals surface area contributed by atoms with E-state index in [0.717, 1.165) is 36.5 Å². The van der Waals surface area contributed by atoms with Crippen LogP contribution in [0.4, 0.5) is 0 Å². The van der Waals surface area contributed by atoms with Crippen molar-refractivity contribution in [3.63, 3.8) is 0 Å². The van der Waals surface area contributed by atoms with Gasteiger partial charge < -0.3 is 4.90 Å². The monoisotopic (exact) mass is 304 g/mol. The Morgan fingerprint density at radius 3 is 3.05 bits per heavy atom. The highest BCUT2D eigenvalue weighted by Crippen LogP contribution is 2.24. The van der Waals surface area contributed by atoms with Crippen LogP contribution in [0.1, 0.15) is 39.5 Å². The van der Waals surface area contributed by atoms with Gasteiger partial charge in [0.2, 0.25) is 0 Å². The van der Waals surface area contributed by atoms with Crippen LogP contribution in [0.2, 0.25) is 0 Å². The molecular weight excluding hydrogens is 284 g/mol. The molecule has 5 nitrogen and oxygen atoms in total. The Morgan fingerprint density at radius 1 is 1.52 bits per heavy atom. The number of rotatable bonds is 3. The van der Waals surface area contributed by atoms with Gasteiger partial charge in [-0.3, -0.25) is 9.89 Å². The van der Waals surface area contributed by atoms with Gasteiger partial charge in [0.05, 0.1) is 17.4 Å². The standard InChI is InChI=1S/C15H20N4OS/c1-10-7-17-18-13(10)6-12-4-3-5-19(8-12)15(20)14-11(2)16-9-21-14/h7,9,12H,3-6,8H2,1-2H3,(H,17,18)/t12-/m1/s1. The van der Waals surface area contributed by atoms with Gasteiger partial charge in [0.15, 0.2) is 0 Å². The van der Waals surface area contributed by atoms with Gasteiger partial charge in [-0.05, 0) is 44.6 Å². The first-order chi connectivity index (χ1) is 10.1. The maximum absolute atomic E-state index is 12.6. The van der Waals surface area contributed by atoms with Gasteiger partial charge in [-0.1, -0.05) is 0 Å². The summed E-state index contributed by atoms with van der Waals surface area (Å²) in [6.45, 7) is 5.66. The number of nitrogens with one attached hydrogen (secondary N) is 1. The van der Waals surface area contributed by atoms with Crippen LogP contribution >= 0.6 is 11.3 Å². The Balaban J connectivity index is 1.67. The normalized spacial score (nSPS) is 19.0. The summed E-state index contributed by atoms with van der Waals surface area (Å²) >= 11 is 1.44. The minimum Gasteiger partial charge on any atom is -0.338 e. The van der Waals surface area contributed by atoms with Gasteiger partial charge in [0, 0.05) is 18.8 Å². The second kappa shape index (κ2) is 5.97. The molecule has 1 atom stereocenters. The van der Waals surface area contributed by atoms with Crippen LogP contribution in [0.3, 0.4) is 0 Å². The van der Waals surface area contributed by atoms with E-state index < -0.39 is 0 Å². The lowest BCUT2D eigenvalue weighted by Crippen LogP contribution is -2.40. The molecule has 0 aliphatic carbocycles. The van der Waals surface area contributed by atoms with E-state index in [4.69, 9.17) is 0 Å². The first-order valence-corrected chi connectivity index (χ1v) is 8.21. The lowest BCUT2D eigenvalue weighted by atomic mass is 9.92. The number of H-pyrrole nitrogens is 1. The molecule has 0 spiro atoms. The third-order valence-electron chi connectivity index (χ3n) is 4.17. The molecular formula is C15H20N4OS. The number of likely N-dealkylation sites (tertiary alicyclic amines) is 1. The highest BCUT2D eigenvalue weighted by atomic mass is 32.1. The van der Waals surface area contributed by atoms with Gasteiger partial charge in [0.25, 0.3) is 5.91 Å². The second-order valence-electron chi connectivity index (χ2n) is 5.76. The molecule has 1 saturated heterocycles. The third kappa shape index (κ3) is 3.00. The van der Waals surface area contributed by atoms with Crippen LogP contribution < -0.4 is 0 Å². The molecule has 0 radical (unpaired) electrons. The maximum Gasteiger partial charge on any atom is 0.265 e. The fraction of sp³-hybridized carbons (Fsp3) is 0.533. The third-order valence-corrected chi connectivity index (χ3v) is 5.09. The van der Waals surface area contributed by atoms with E-state index in [2.05, 4.69) is 22.1 Å². The summed E-state index contributed by atoms with van der Waals surface area (Å²) < 4.78 is 0. The van der Waals surface area contributed by atoms with Gasteiger partial charge >= 0.3 is 0 Å². The topological polar surface area (TPSA) is 61.9 Å². The van der Waals surface area contributed by atoms with Crippen molar-refractivity contribution in [2.45, 2.75) is 33.1 Å². The molecule has 3 heterocycles. The van der Waals surface area contributed by atoms with Crippen molar-refractivity contribution in [2.24, 2.45) is 5.92 Å². The molecule has 0 unspecified atom stereocenters. The van der Waals surface area contributed by atoms with Gasteiger partial charge in [-0.2, -0.15) is 5.10 Å². The first-order valence-electron chi connectivity index (χ1n) is 7.33. The fourth-order valence-corrected chi connectivity index (χ4v) is 3.70. The van der Waals surface area contributed by atoms with Gasteiger partial charge in [-0.25, -0.2) is 4.98 Å². The fourth-order valence-electron chi connectivity index (χ4n) is 2.94. The van der Waals surface area contributed by atoms with Crippen LogP contribution in [0, 0.1) is 19.8 Å². The molecule has 21 heavy (non-hydrogen) atoms. The molecule has 6 heteroatoms. The summed E-state index contributed by atoms with van der Waals surface area (Å²) in [6.07, 6.45) is 5.07. The average molecular weight is 304 g/mol. The lowest BCUT2D eigenvalue weighted by Gasteiger charge is -2.32. The number of aryl methyl sites for hydroxylation is 2. The highest BCUT2D eigenvalue weighted by molar-refractivity contribution is 7.11. The van der Waals surface area contributed by atoms with Crippen molar-refractivity contribution < 1.29 is 4.79 Å². The van der Waals surface area contributed by atoms with E-state index in [1.54, 1.807) is 5.51 Å². The molecule has 1 aliphatic heterocycles. The molecule has 1 N–H and O–H groups in total. The zero-order chi connectivity index (χ0) is 14.8. The van der Waals surface area contributed by atoms with Crippen molar-refractivity contribution in [3.8, 4) is 0 Å². The summed E-state index contributed by atoms with van der Waals surface area (Å²) in [7, 11) is 0. The van der Waals surface area contributed by atoms with Crippen LogP contribution in [-0.4, -0.2) is 39.1 Å². The van der Waals surface area contributed by atoms with Gasteiger partial charge in [-0.15, -0.1) is 11.3 Å². The van der Waals surface area contributed by atoms with Gasteiger partial charge in [0.1, 0.15) is 4.88 Å². The van der Waals surface area contributed by atoms with Crippen LogP contribution in [0.5, 0.6) is 0 Å². The zero-order valence-corrected chi connectivity index (χ0v) is 13.2. The first kappa shape index (κ1) is 14.3. The number of carbonyl (C=O) groups is 1. The summed E-state index contributed by atoms with van der Waals surface area (Å²) in [4.78, 5) is 19.5. The molecule has 2 aromatic rings. The van der Waals surface area contributed by atoms with Crippen molar-refractivity contribution in [2.75, 3.05) is 13.1 Å². The molecule has 1 fully saturated rings. The Labute approximate surface area is 128 Å². The Kier molecular flexibility index (Phi) is 4.05. The molecule has 112 valence electrons. The van der Waals surface area contributed by atoms with Crippen LogP contribution in [0.25, 0.3) is 0 Å².